The van der Waals surface area contributed by atoms with E-state index in [1.807, 2.05) is 49.7 Å². The molecule has 1 aromatic carbocycles. The monoisotopic (exact) mass is 471 g/mol. The topological polar surface area (TPSA) is 81.5 Å². The number of ether oxygens (including phenoxy) is 2. The average molecular weight is 472 g/mol. The van der Waals surface area contributed by atoms with E-state index in [-0.39, 0.29) is 12.1 Å². The first-order valence-electron chi connectivity index (χ1n) is 11.1. The average Bonchev–Trinajstić information content (AvgIpc) is 3.13. The zero-order chi connectivity index (χ0) is 23.6. The van der Waals surface area contributed by atoms with E-state index in [4.69, 9.17) is 26.2 Å². The Bertz CT molecular complexity index is 1120. The molecular formula is C24H30ClN5O3. The summed E-state index contributed by atoms with van der Waals surface area (Å²) in [6.45, 7) is 7.66. The minimum absolute atomic E-state index is 0.0670. The van der Waals surface area contributed by atoms with E-state index in [0.29, 0.717) is 11.6 Å². The molecule has 0 unspecified atom stereocenters. The summed E-state index contributed by atoms with van der Waals surface area (Å²) in [5.41, 5.74) is 1.33. The minimum atomic E-state index is -0.510. The van der Waals surface area contributed by atoms with E-state index in [1.54, 1.807) is 19.4 Å². The van der Waals surface area contributed by atoms with Crippen LogP contribution in [0.3, 0.4) is 0 Å². The largest absolute Gasteiger partial charge is 0.497 e. The van der Waals surface area contributed by atoms with Crippen molar-refractivity contribution < 1.29 is 14.3 Å². The van der Waals surface area contributed by atoms with Gasteiger partial charge >= 0.3 is 6.09 Å². The number of aromatic nitrogens is 3. The summed E-state index contributed by atoms with van der Waals surface area (Å²) in [6.07, 6.45) is 2.92. The summed E-state index contributed by atoms with van der Waals surface area (Å²) in [6, 6.07) is 9.77. The molecule has 1 N–H and O–H groups in total. The van der Waals surface area contributed by atoms with Crippen molar-refractivity contribution in [3.63, 3.8) is 0 Å². The second kappa shape index (κ2) is 9.47. The molecule has 1 aliphatic heterocycles. The Morgan fingerprint density at radius 1 is 1.18 bits per heavy atom. The van der Waals surface area contributed by atoms with Gasteiger partial charge in [-0.05, 0) is 57.4 Å². The Balaban J connectivity index is 1.51. The number of carbonyl (C=O) groups is 1. The zero-order valence-electron chi connectivity index (χ0n) is 19.5. The lowest BCUT2D eigenvalue weighted by molar-refractivity contribution is 0.0497. The SMILES string of the molecule is COc1ccc(Cn2nc(N3CCC(NC(=O)OC(C)(C)C)CC3)c3c(Cl)ccnc32)cc1. The second-order valence-corrected chi connectivity index (χ2v) is 9.64. The number of alkyl carbamates (subject to hydrolysis) is 1. The number of pyridine rings is 1. The maximum absolute atomic E-state index is 12.1. The van der Waals surface area contributed by atoms with Crippen LogP contribution in [-0.4, -0.2) is 52.7 Å². The highest BCUT2D eigenvalue weighted by atomic mass is 35.5. The molecule has 1 aliphatic rings. The molecule has 2 aromatic heterocycles. The van der Waals surface area contributed by atoms with Crippen molar-refractivity contribution in [2.45, 2.75) is 51.8 Å². The van der Waals surface area contributed by atoms with Crippen LogP contribution < -0.4 is 15.0 Å². The summed E-state index contributed by atoms with van der Waals surface area (Å²) < 4.78 is 12.5. The first-order chi connectivity index (χ1) is 15.7. The highest BCUT2D eigenvalue weighted by Gasteiger charge is 2.27. The number of hydrogen-bond acceptors (Lipinski definition) is 6. The fraction of sp³-hybridized carbons (Fsp3) is 0.458. The van der Waals surface area contributed by atoms with Crippen LogP contribution in [0, 0.1) is 0 Å². The quantitative estimate of drug-likeness (QED) is 0.584. The number of halogens is 1. The number of amides is 1. The molecular weight excluding hydrogens is 442 g/mol. The minimum Gasteiger partial charge on any atom is -0.497 e. The molecule has 3 heterocycles. The molecule has 3 aromatic rings. The van der Waals surface area contributed by atoms with Gasteiger partial charge in [-0.15, -0.1) is 0 Å². The summed E-state index contributed by atoms with van der Waals surface area (Å²) in [5, 5.41) is 9.36. The third-order valence-corrected chi connectivity index (χ3v) is 5.89. The van der Waals surface area contributed by atoms with Crippen molar-refractivity contribution in [1.29, 1.82) is 0 Å². The Labute approximate surface area is 198 Å². The van der Waals surface area contributed by atoms with Gasteiger partial charge in [0.25, 0.3) is 0 Å². The molecule has 9 heteroatoms. The molecule has 8 nitrogen and oxygen atoms in total. The van der Waals surface area contributed by atoms with Gasteiger partial charge in [-0.25, -0.2) is 14.5 Å². The number of piperidine rings is 1. The summed E-state index contributed by atoms with van der Waals surface area (Å²) in [7, 11) is 1.65. The van der Waals surface area contributed by atoms with Gasteiger partial charge in [-0.2, -0.15) is 5.10 Å². The maximum Gasteiger partial charge on any atom is 0.407 e. The molecule has 0 saturated carbocycles. The molecule has 0 atom stereocenters. The maximum atomic E-state index is 12.1. The molecule has 33 heavy (non-hydrogen) atoms. The van der Waals surface area contributed by atoms with Gasteiger partial charge in [0.2, 0.25) is 0 Å². The molecule has 1 saturated heterocycles. The number of hydrogen-bond donors (Lipinski definition) is 1. The summed E-state index contributed by atoms with van der Waals surface area (Å²) in [5.74, 6) is 1.64. The van der Waals surface area contributed by atoms with Gasteiger partial charge in [0.05, 0.1) is 24.1 Å². The van der Waals surface area contributed by atoms with Crippen molar-refractivity contribution >= 4 is 34.5 Å². The number of nitrogens with zero attached hydrogens (tertiary/aromatic N) is 4. The normalized spacial score (nSPS) is 15.0. The lowest BCUT2D eigenvalue weighted by Crippen LogP contribution is -2.46. The van der Waals surface area contributed by atoms with E-state index in [9.17, 15) is 4.79 Å². The van der Waals surface area contributed by atoms with Crippen molar-refractivity contribution in [3.05, 3.63) is 47.1 Å². The van der Waals surface area contributed by atoms with Gasteiger partial charge in [-0.1, -0.05) is 23.7 Å². The Hall–Kier alpha value is -3.00. The fourth-order valence-corrected chi connectivity index (χ4v) is 4.21. The van der Waals surface area contributed by atoms with Crippen LogP contribution >= 0.6 is 11.6 Å². The molecule has 4 rings (SSSR count). The predicted molar refractivity (Wildman–Crippen MR) is 129 cm³/mol. The first-order valence-corrected chi connectivity index (χ1v) is 11.5. The Morgan fingerprint density at radius 3 is 2.52 bits per heavy atom. The predicted octanol–water partition coefficient (Wildman–Crippen LogP) is 4.64. The van der Waals surface area contributed by atoms with Crippen molar-refractivity contribution in [3.8, 4) is 5.75 Å². The molecule has 1 fully saturated rings. The van der Waals surface area contributed by atoms with Crippen LogP contribution in [-0.2, 0) is 11.3 Å². The van der Waals surface area contributed by atoms with Gasteiger partial charge in [0.1, 0.15) is 11.4 Å². The third-order valence-electron chi connectivity index (χ3n) is 5.57. The lowest BCUT2D eigenvalue weighted by atomic mass is 10.1. The van der Waals surface area contributed by atoms with Crippen LogP contribution in [0.15, 0.2) is 36.5 Å². The van der Waals surface area contributed by atoms with Gasteiger partial charge < -0.3 is 19.7 Å². The fourth-order valence-electron chi connectivity index (χ4n) is 3.99. The number of carbonyl (C=O) groups excluding carboxylic acids is 1. The van der Waals surface area contributed by atoms with Crippen LogP contribution in [0.2, 0.25) is 5.02 Å². The number of fused-ring (bicyclic) bond motifs is 1. The molecule has 0 bridgehead atoms. The van der Waals surface area contributed by atoms with Crippen molar-refractivity contribution in [2.24, 2.45) is 0 Å². The van der Waals surface area contributed by atoms with Crippen LogP contribution in [0.1, 0.15) is 39.2 Å². The number of nitrogens with one attached hydrogen (secondary N) is 1. The van der Waals surface area contributed by atoms with E-state index in [2.05, 4.69) is 15.2 Å². The smallest absolute Gasteiger partial charge is 0.407 e. The highest BCUT2D eigenvalue weighted by Crippen LogP contribution is 2.33. The summed E-state index contributed by atoms with van der Waals surface area (Å²) in [4.78, 5) is 18.9. The van der Waals surface area contributed by atoms with E-state index in [0.717, 1.165) is 54.1 Å². The van der Waals surface area contributed by atoms with Crippen LogP contribution in [0.4, 0.5) is 10.6 Å². The highest BCUT2D eigenvalue weighted by molar-refractivity contribution is 6.36. The van der Waals surface area contributed by atoms with E-state index in [1.165, 1.54) is 0 Å². The first kappa shape index (κ1) is 23.2. The number of rotatable bonds is 5. The van der Waals surface area contributed by atoms with Crippen molar-refractivity contribution in [1.82, 2.24) is 20.1 Å². The summed E-state index contributed by atoms with van der Waals surface area (Å²) >= 11 is 6.59. The van der Waals surface area contributed by atoms with Crippen LogP contribution in [0.25, 0.3) is 11.0 Å². The number of anilines is 1. The molecule has 0 radical (unpaired) electrons. The van der Waals surface area contributed by atoms with E-state index >= 15 is 0 Å². The lowest BCUT2D eigenvalue weighted by Gasteiger charge is -2.33. The van der Waals surface area contributed by atoms with Crippen molar-refractivity contribution in [2.75, 3.05) is 25.1 Å². The molecule has 1 amide bonds. The Kier molecular flexibility index (Phi) is 6.65. The second-order valence-electron chi connectivity index (χ2n) is 9.23. The van der Waals surface area contributed by atoms with Gasteiger partial charge in [0, 0.05) is 25.3 Å². The van der Waals surface area contributed by atoms with Gasteiger partial charge in [-0.3, -0.25) is 0 Å². The molecule has 0 aliphatic carbocycles. The van der Waals surface area contributed by atoms with Crippen LogP contribution in [0.5, 0.6) is 5.75 Å². The Morgan fingerprint density at radius 2 is 1.88 bits per heavy atom. The standard InChI is InChI=1S/C24H30ClN5O3/c1-24(2,3)33-23(31)27-17-10-13-29(14-11-17)22-20-19(25)9-12-26-21(20)30(28-22)15-16-5-7-18(32-4)8-6-16/h5-9,12,17H,10-11,13-15H2,1-4H3,(H,27,31). The third kappa shape index (κ3) is 5.50. The zero-order valence-corrected chi connectivity index (χ0v) is 20.2. The number of benzene rings is 1. The number of methoxy groups -OCH3 is 1. The van der Waals surface area contributed by atoms with Gasteiger partial charge in [0.15, 0.2) is 11.5 Å². The molecule has 176 valence electrons. The van der Waals surface area contributed by atoms with E-state index < -0.39 is 5.60 Å². The molecule has 0 spiro atoms.